The van der Waals surface area contributed by atoms with Gasteiger partial charge in [0.15, 0.2) is 0 Å². The molecule has 1 aliphatic carbocycles. The summed E-state index contributed by atoms with van der Waals surface area (Å²) in [5, 5.41) is 9.95. The quantitative estimate of drug-likeness (QED) is 0.873. The van der Waals surface area contributed by atoms with E-state index in [0.29, 0.717) is 12.1 Å². The van der Waals surface area contributed by atoms with E-state index in [9.17, 15) is 9.50 Å². The monoisotopic (exact) mass is 237 g/mol. The first-order valence-corrected chi connectivity index (χ1v) is 6.30. The minimum absolute atomic E-state index is 0.162. The molecule has 2 rings (SSSR count). The largest absolute Gasteiger partial charge is 0.391 e. The van der Waals surface area contributed by atoms with Crippen molar-refractivity contribution in [2.24, 2.45) is 0 Å². The van der Waals surface area contributed by atoms with Gasteiger partial charge in [-0.15, -0.1) is 0 Å². The van der Waals surface area contributed by atoms with Crippen LogP contribution in [0.2, 0.25) is 0 Å². The van der Waals surface area contributed by atoms with Crippen molar-refractivity contribution < 1.29 is 9.50 Å². The minimum Gasteiger partial charge on any atom is -0.391 e. The van der Waals surface area contributed by atoms with Gasteiger partial charge in [0.25, 0.3) is 0 Å². The second-order valence-corrected chi connectivity index (χ2v) is 4.93. The lowest BCUT2D eigenvalue weighted by molar-refractivity contribution is 0.0284. The van der Waals surface area contributed by atoms with Crippen LogP contribution in [0.1, 0.15) is 31.2 Å². The van der Waals surface area contributed by atoms with E-state index in [1.54, 1.807) is 12.1 Å². The van der Waals surface area contributed by atoms with Crippen molar-refractivity contribution in [2.45, 2.75) is 44.4 Å². The maximum Gasteiger partial charge on any atom is 0.127 e. The Balaban J connectivity index is 2.01. The van der Waals surface area contributed by atoms with Crippen molar-refractivity contribution in [3.05, 3.63) is 35.6 Å². The Labute approximate surface area is 102 Å². The Morgan fingerprint density at radius 3 is 2.71 bits per heavy atom. The maximum absolute atomic E-state index is 13.5. The highest BCUT2D eigenvalue weighted by Crippen LogP contribution is 2.23. The Hall–Kier alpha value is -0.930. The predicted octanol–water partition coefficient (Wildman–Crippen LogP) is 2.56. The highest BCUT2D eigenvalue weighted by atomic mass is 19.1. The number of hydrogen-bond donors (Lipinski definition) is 1. The van der Waals surface area contributed by atoms with Gasteiger partial charge in [-0.3, -0.25) is 4.90 Å². The first kappa shape index (κ1) is 12.5. The number of nitrogens with zero attached hydrogens (tertiary/aromatic N) is 1. The molecule has 1 aromatic carbocycles. The molecule has 0 amide bonds. The van der Waals surface area contributed by atoms with E-state index in [4.69, 9.17) is 0 Å². The SMILES string of the molecule is CN(Cc1ccccc1F)[C@@H]1CCCC[C@H]1O. The molecule has 94 valence electrons. The number of hydrogen-bond acceptors (Lipinski definition) is 2. The molecule has 0 saturated heterocycles. The van der Waals surface area contributed by atoms with Crippen LogP contribution in [0.3, 0.4) is 0 Å². The number of aliphatic hydroxyl groups excluding tert-OH is 1. The van der Waals surface area contributed by atoms with Gasteiger partial charge < -0.3 is 5.11 Å². The second kappa shape index (κ2) is 5.61. The number of benzene rings is 1. The minimum atomic E-state index is -0.263. The normalized spacial score (nSPS) is 25.2. The summed E-state index contributed by atoms with van der Waals surface area (Å²) >= 11 is 0. The van der Waals surface area contributed by atoms with Crippen LogP contribution in [0, 0.1) is 5.82 Å². The molecule has 0 heterocycles. The molecule has 0 bridgehead atoms. The van der Waals surface area contributed by atoms with Crippen LogP contribution in [0.4, 0.5) is 4.39 Å². The first-order valence-electron chi connectivity index (χ1n) is 6.30. The summed E-state index contributed by atoms with van der Waals surface area (Å²) in [6.45, 7) is 0.564. The third-order valence-corrected chi connectivity index (χ3v) is 3.64. The fourth-order valence-corrected chi connectivity index (χ4v) is 2.62. The van der Waals surface area contributed by atoms with Gasteiger partial charge in [-0.05, 0) is 26.0 Å². The highest BCUT2D eigenvalue weighted by molar-refractivity contribution is 5.17. The molecule has 3 heteroatoms. The predicted molar refractivity (Wildman–Crippen MR) is 66.1 cm³/mol. The topological polar surface area (TPSA) is 23.5 Å². The summed E-state index contributed by atoms with van der Waals surface area (Å²) in [6.07, 6.45) is 3.87. The van der Waals surface area contributed by atoms with E-state index in [-0.39, 0.29) is 18.0 Å². The Morgan fingerprint density at radius 1 is 1.29 bits per heavy atom. The standard InChI is InChI=1S/C14H20FNO/c1-16(13-8-4-5-9-14(13)17)10-11-6-2-3-7-12(11)15/h2-3,6-7,13-14,17H,4-5,8-10H2,1H3/t13-,14-/m1/s1. The van der Waals surface area contributed by atoms with Crippen molar-refractivity contribution in [2.75, 3.05) is 7.05 Å². The van der Waals surface area contributed by atoms with Gasteiger partial charge in [0.05, 0.1) is 6.10 Å². The smallest absolute Gasteiger partial charge is 0.127 e. The van der Waals surface area contributed by atoms with E-state index in [0.717, 1.165) is 25.7 Å². The highest BCUT2D eigenvalue weighted by Gasteiger charge is 2.26. The molecule has 2 nitrogen and oxygen atoms in total. The van der Waals surface area contributed by atoms with Gasteiger partial charge in [0, 0.05) is 18.2 Å². The lowest BCUT2D eigenvalue weighted by Gasteiger charge is -2.35. The van der Waals surface area contributed by atoms with E-state index < -0.39 is 0 Å². The van der Waals surface area contributed by atoms with Crippen LogP contribution in [-0.4, -0.2) is 29.2 Å². The summed E-state index contributed by atoms with van der Waals surface area (Å²) in [5.41, 5.74) is 0.702. The Morgan fingerprint density at radius 2 is 2.00 bits per heavy atom. The zero-order valence-corrected chi connectivity index (χ0v) is 10.3. The summed E-state index contributed by atoms with van der Waals surface area (Å²) in [4.78, 5) is 2.07. The molecule has 0 spiro atoms. The molecule has 0 aliphatic heterocycles. The van der Waals surface area contributed by atoms with Crippen molar-refractivity contribution in [1.29, 1.82) is 0 Å². The third kappa shape index (κ3) is 3.05. The number of halogens is 1. The van der Waals surface area contributed by atoms with E-state index in [1.807, 2.05) is 13.1 Å². The van der Waals surface area contributed by atoms with Crippen molar-refractivity contribution in [3.63, 3.8) is 0 Å². The van der Waals surface area contributed by atoms with Gasteiger partial charge in [-0.2, -0.15) is 0 Å². The molecule has 1 N–H and O–H groups in total. The molecule has 1 aromatic rings. The summed E-state index contributed by atoms with van der Waals surface area (Å²) in [6, 6.07) is 7.02. The van der Waals surface area contributed by atoms with Crippen LogP contribution in [0.5, 0.6) is 0 Å². The fourth-order valence-electron chi connectivity index (χ4n) is 2.62. The van der Waals surface area contributed by atoms with Gasteiger partial charge >= 0.3 is 0 Å². The molecule has 0 radical (unpaired) electrons. The average Bonchev–Trinajstić information content (AvgIpc) is 2.32. The zero-order chi connectivity index (χ0) is 12.3. The average molecular weight is 237 g/mol. The van der Waals surface area contributed by atoms with E-state index in [2.05, 4.69) is 4.90 Å². The number of rotatable bonds is 3. The first-order chi connectivity index (χ1) is 8.18. The third-order valence-electron chi connectivity index (χ3n) is 3.64. The van der Waals surface area contributed by atoms with Gasteiger partial charge in [-0.25, -0.2) is 4.39 Å². The van der Waals surface area contributed by atoms with Crippen molar-refractivity contribution >= 4 is 0 Å². The van der Waals surface area contributed by atoms with E-state index >= 15 is 0 Å². The lowest BCUT2D eigenvalue weighted by Crippen LogP contribution is -2.42. The van der Waals surface area contributed by atoms with Crippen LogP contribution < -0.4 is 0 Å². The lowest BCUT2D eigenvalue weighted by atomic mass is 9.91. The van der Waals surface area contributed by atoms with Crippen LogP contribution in [-0.2, 0) is 6.54 Å². The van der Waals surface area contributed by atoms with Gasteiger partial charge in [0.2, 0.25) is 0 Å². The van der Waals surface area contributed by atoms with Crippen LogP contribution in [0.25, 0.3) is 0 Å². The second-order valence-electron chi connectivity index (χ2n) is 4.93. The maximum atomic E-state index is 13.5. The van der Waals surface area contributed by atoms with E-state index in [1.165, 1.54) is 6.07 Å². The zero-order valence-electron chi connectivity index (χ0n) is 10.3. The molecular weight excluding hydrogens is 217 g/mol. The molecule has 17 heavy (non-hydrogen) atoms. The fraction of sp³-hybridized carbons (Fsp3) is 0.571. The summed E-state index contributed by atoms with van der Waals surface area (Å²) in [5.74, 6) is -0.162. The molecule has 1 aliphatic rings. The Kier molecular flexibility index (Phi) is 4.13. The van der Waals surface area contributed by atoms with Crippen molar-refractivity contribution in [3.8, 4) is 0 Å². The molecular formula is C14H20FNO. The molecule has 0 aromatic heterocycles. The molecule has 0 unspecified atom stereocenters. The number of likely N-dealkylation sites (N-methyl/N-ethyl adjacent to an activating group) is 1. The van der Waals surface area contributed by atoms with Gasteiger partial charge in [0.1, 0.15) is 5.82 Å². The van der Waals surface area contributed by atoms with Gasteiger partial charge in [-0.1, -0.05) is 31.0 Å². The summed E-state index contributed by atoms with van der Waals surface area (Å²) in [7, 11) is 1.96. The summed E-state index contributed by atoms with van der Waals surface area (Å²) < 4.78 is 13.5. The molecule has 1 fully saturated rings. The number of aliphatic hydroxyl groups is 1. The molecule has 1 saturated carbocycles. The Bertz CT molecular complexity index is 369. The van der Waals surface area contributed by atoms with Crippen molar-refractivity contribution in [1.82, 2.24) is 4.90 Å². The van der Waals surface area contributed by atoms with Crippen LogP contribution >= 0.6 is 0 Å². The van der Waals surface area contributed by atoms with Crippen LogP contribution in [0.15, 0.2) is 24.3 Å². The molecule has 2 atom stereocenters.